The fourth-order valence-electron chi connectivity index (χ4n) is 2.41. The zero-order chi connectivity index (χ0) is 14.3. The van der Waals surface area contributed by atoms with Crippen LogP contribution in [0.2, 0.25) is 0 Å². The van der Waals surface area contributed by atoms with Crippen molar-refractivity contribution >= 4 is 5.65 Å². The van der Waals surface area contributed by atoms with Crippen LogP contribution in [0.25, 0.3) is 16.9 Å². The van der Waals surface area contributed by atoms with Gasteiger partial charge in [-0.25, -0.2) is 0 Å². The molecule has 3 aromatic rings. The molecule has 0 N–H and O–H groups in total. The quantitative estimate of drug-likeness (QED) is 0.712. The molecule has 0 spiro atoms. The summed E-state index contributed by atoms with van der Waals surface area (Å²) in [4.78, 5) is 0. The topological polar surface area (TPSA) is 43.1 Å². The number of aryl methyl sites for hydroxylation is 2. The normalized spacial score (nSPS) is 11.4. The second kappa shape index (κ2) is 4.71. The number of fused-ring (bicyclic) bond motifs is 1. The first-order chi connectivity index (χ1) is 9.56. The van der Waals surface area contributed by atoms with Gasteiger partial charge in [0, 0.05) is 11.5 Å². The lowest BCUT2D eigenvalue weighted by atomic mass is 10.0. The van der Waals surface area contributed by atoms with Gasteiger partial charge in [-0.1, -0.05) is 37.6 Å². The van der Waals surface area contributed by atoms with Crippen LogP contribution < -0.4 is 0 Å². The number of hydrogen-bond donors (Lipinski definition) is 0. The van der Waals surface area contributed by atoms with E-state index in [1.165, 1.54) is 11.1 Å². The van der Waals surface area contributed by atoms with Gasteiger partial charge in [0.2, 0.25) is 0 Å². The van der Waals surface area contributed by atoms with Gasteiger partial charge in [0.05, 0.1) is 5.69 Å². The van der Waals surface area contributed by atoms with Crippen LogP contribution in [0.1, 0.15) is 36.7 Å². The molecule has 0 bridgehead atoms. The van der Waals surface area contributed by atoms with E-state index in [2.05, 4.69) is 56.1 Å². The lowest BCUT2D eigenvalue weighted by Crippen LogP contribution is -2.02. The van der Waals surface area contributed by atoms with E-state index >= 15 is 0 Å². The molecule has 0 atom stereocenters. The van der Waals surface area contributed by atoms with Crippen LogP contribution in [0.4, 0.5) is 0 Å². The second-order valence-electron chi connectivity index (χ2n) is 5.52. The van der Waals surface area contributed by atoms with E-state index in [9.17, 15) is 0 Å². The van der Waals surface area contributed by atoms with E-state index in [1.807, 2.05) is 16.6 Å². The van der Waals surface area contributed by atoms with Crippen LogP contribution in [-0.2, 0) is 0 Å². The van der Waals surface area contributed by atoms with E-state index in [0.29, 0.717) is 5.92 Å². The maximum atomic E-state index is 4.71. The van der Waals surface area contributed by atoms with Crippen LogP contribution in [0.3, 0.4) is 0 Å². The van der Waals surface area contributed by atoms with Crippen LogP contribution in [0, 0.1) is 13.8 Å². The van der Waals surface area contributed by atoms with Gasteiger partial charge in [-0.3, -0.25) is 0 Å². The minimum absolute atomic E-state index is 0.298. The average Bonchev–Trinajstić information content (AvgIpc) is 2.81. The monoisotopic (exact) mass is 266 g/mol. The standard InChI is InChI=1S/C16H18N4/c1-10(2)16-18-17-15-8-7-14(19-20(15)16)13-6-5-11(3)9-12(13)4/h5-10H,1-4H3. The van der Waals surface area contributed by atoms with Crippen molar-refractivity contribution in [1.29, 1.82) is 0 Å². The van der Waals surface area contributed by atoms with E-state index in [1.54, 1.807) is 0 Å². The van der Waals surface area contributed by atoms with Crippen molar-refractivity contribution in [3.63, 3.8) is 0 Å². The Morgan fingerprint density at radius 1 is 1.00 bits per heavy atom. The zero-order valence-corrected chi connectivity index (χ0v) is 12.3. The van der Waals surface area contributed by atoms with Gasteiger partial charge in [-0.05, 0) is 31.5 Å². The summed E-state index contributed by atoms with van der Waals surface area (Å²) in [6.45, 7) is 8.41. The Balaban J connectivity index is 2.19. The number of rotatable bonds is 2. The van der Waals surface area contributed by atoms with E-state index in [0.717, 1.165) is 22.7 Å². The van der Waals surface area contributed by atoms with Crippen LogP contribution >= 0.6 is 0 Å². The largest absolute Gasteiger partial charge is 0.197 e. The molecular weight excluding hydrogens is 248 g/mol. The summed E-state index contributed by atoms with van der Waals surface area (Å²) in [5.41, 5.74) is 5.40. The van der Waals surface area contributed by atoms with Gasteiger partial charge >= 0.3 is 0 Å². The molecule has 2 aromatic heterocycles. The molecule has 1 aromatic carbocycles. The van der Waals surface area contributed by atoms with Gasteiger partial charge in [-0.2, -0.15) is 9.61 Å². The highest BCUT2D eigenvalue weighted by molar-refractivity contribution is 5.64. The lowest BCUT2D eigenvalue weighted by Gasteiger charge is -2.08. The molecule has 102 valence electrons. The van der Waals surface area contributed by atoms with Crippen molar-refractivity contribution < 1.29 is 0 Å². The molecule has 0 amide bonds. The molecule has 0 fully saturated rings. The predicted octanol–water partition coefficient (Wildman–Crippen LogP) is 3.53. The van der Waals surface area contributed by atoms with Crippen molar-refractivity contribution in [3.05, 3.63) is 47.3 Å². The van der Waals surface area contributed by atoms with Crippen molar-refractivity contribution in [1.82, 2.24) is 19.8 Å². The third-order valence-electron chi connectivity index (χ3n) is 3.46. The van der Waals surface area contributed by atoms with Crippen molar-refractivity contribution in [2.75, 3.05) is 0 Å². The molecule has 0 aliphatic heterocycles. The highest BCUT2D eigenvalue weighted by Gasteiger charge is 2.12. The maximum absolute atomic E-state index is 4.71. The predicted molar refractivity (Wildman–Crippen MR) is 79.8 cm³/mol. The van der Waals surface area contributed by atoms with E-state index in [4.69, 9.17) is 5.10 Å². The Morgan fingerprint density at radius 2 is 1.80 bits per heavy atom. The van der Waals surface area contributed by atoms with Gasteiger partial charge < -0.3 is 0 Å². The Morgan fingerprint density at radius 3 is 2.50 bits per heavy atom. The van der Waals surface area contributed by atoms with Crippen LogP contribution in [0.5, 0.6) is 0 Å². The number of benzene rings is 1. The summed E-state index contributed by atoms with van der Waals surface area (Å²) < 4.78 is 1.85. The molecule has 0 unspecified atom stereocenters. The molecular formula is C16H18N4. The molecule has 2 heterocycles. The Hall–Kier alpha value is -2.23. The molecule has 0 aliphatic rings. The highest BCUT2D eigenvalue weighted by atomic mass is 15.4. The van der Waals surface area contributed by atoms with Crippen molar-refractivity contribution in [2.45, 2.75) is 33.6 Å². The van der Waals surface area contributed by atoms with Gasteiger partial charge in [0.15, 0.2) is 11.5 Å². The third kappa shape index (κ3) is 2.07. The SMILES string of the molecule is Cc1ccc(-c2ccc3nnc(C(C)C)n3n2)c(C)c1. The van der Waals surface area contributed by atoms with Gasteiger partial charge in [-0.15, -0.1) is 10.2 Å². The fraction of sp³-hybridized carbons (Fsp3) is 0.312. The van der Waals surface area contributed by atoms with Gasteiger partial charge in [0.1, 0.15) is 0 Å². The first kappa shape index (κ1) is 12.8. The molecule has 0 saturated heterocycles. The summed E-state index contributed by atoms with van der Waals surface area (Å²) >= 11 is 0. The van der Waals surface area contributed by atoms with Crippen LogP contribution in [-0.4, -0.2) is 19.8 Å². The Kier molecular flexibility index (Phi) is 3.01. The number of aromatic nitrogens is 4. The minimum atomic E-state index is 0.298. The number of nitrogens with zero attached hydrogens (tertiary/aromatic N) is 4. The van der Waals surface area contributed by atoms with Crippen molar-refractivity contribution in [2.24, 2.45) is 0 Å². The summed E-state index contributed by atoms with van der Waals surface area (Å²) in [5.74, 6) is 1.19. The molecule has 0 saturated carbocycles. The maximum Gasteiger partial charge on any atom is 0.177 e. The van der Waals surface area contributed by atoms with E-state index in [-0.39, 0.29) is 0 Å². The Bertz CT molecular complexity index is 771. The molecule has 4 nitrogen and oxygen atoms in total. The smallest absolute Gasteiger partial charge is 0.177 e. The first-order valence-corrected chi connectivity index (χ1v) is 6.86. The Labute approximate surface area is 118 Å². The second-order valence-corrected chi connectivity index (χ2v) is 5.52. The molecule has 3 rings (SSSR count). The lowest BCUT2D eigenvalue weighted by molar-refractivity contribution is 0.722. The first-order valence-electron chi connectivity index (χ1n) is 6.86. The zero-order valence-electron chi connectivity index (χ0n) is 12.3. The molecule has 0 aliphatic carbocycles. The summed E-state index contributed by atoms with van der Waals surface area (Å²) in [7, 11) is 0. The molecule has 4 heteroatoms. The van der Waals surface area contributed by atoms with Crippen molar-refractivity contribution in [3.8, 4) is 11.3 Å². The third-order valence-corrected chi connectivity index (χ3v) is 3.46. The van der Waals surface area contributed by atoms with E-state index < -0.39 is 0 Å². The molecule has 0 radical (unpaired) electrons. The summed E-state index contributed by atoms with van der Waals surface area (Å²) in [5, 5.41) is 13.1. The van der Waals surface area contributed by atoms with Crippen LogP contribution in [0.15, 0.2) is 30.3 Å². The average molecular weight is 266 g/mol. The number of hydrogen-bond acceptors (Lipinski definition) is 3. The minimum Gasteiger partial charge on any atom is -0.197 e. The fourth-order valence-corrected chi connectivity index (χ4v) is 2.41. The molecule has 20 heavy (non-hydrogen) atoms. The summed E-state index contributed by atoms with van der Waals surface area (Å²) in [6.07, 6.45) is 0. The van der Waals surface area contributed by atoms with Gasteiger partial charge in [0.25, 0.3) is 0 Å². The summed E-state index contributed by atoms with van der Waals surface area (Å²) in [6, 6.07) is 10.4. The highest BCUT2D eigenvalue weighted by Crippen LogP contribution is 2.23.